The van der Waals surface area contributed by atoms with E-state index in [0.29, 0.717) is 36.6 Å². The van der Waals surface area contributed by atoms with Crippen LogP contribution in [0.4, 0.5) is 5.69 Å². The Hall–Kier alpha value is -1.76. The Balaban J connectivity index is 1.82. The summed E-state index contributed by atoms with van der Waals surface area (Å²) < 4.78 is 0. The lowest BCUT2D eigenvalue weighted by atomic mass is 9.97. The molecule has 0 aliphatic carbocycles. The number of piperidine rings is 1. The van der Waals surface area contributed by atoms with Crippen LogP contribution in [-0.2, 0) is 9.59 Å². The van der Waals surface area contributed by atoms with Gasteiger partial charge in [-0.1, -0.05) is 11.8 Å². The van der Waals surface area contributed by atoms with Crippen molar-refractivity contribution in [3.8, 4) is 0 Å². The summed E-state index contributed by atoms with van der Waals surface area (Å²) in [5.74, 6) is -0.811. The van der Waals surface area contributed by atoms with Crippen LogP contribution in [-0.4, -0.2) is 45.7 Å². The summed E-state index contributed by atoms with van der Waals surface area (Å²) in [6.07, 6.45) is 2.69. The van der Waals surface area contributed by atoms with Gasteiger partial charge in [-0.3, -0.25) is 9.59 Å². The van der Waals surface area contributed by atoms with E-state index in [-0.39, 0.29) is 17.6 Å². The van der Waals surface area contributed by atoms with E-state index in [1.54, 1.807) is 23.2 Å². The average Bonchev–Trinajstić information content (AvgIpc) is 2.46. The van der Waals surface area contributed by atoms with Gasteiger partial charge in [-0.05, 0) is 25.0 Å². The number of hydrogen-bond donors (Lipinski definition) is 2. The third kappa shape index (κ3) is 3.63. The maximum absolute atomic E-state index is 12.0. The molecule has 0 aromatic carbocycles. The number of rotatable bonds is 4. The molecule has 0 radical (unpaired) electrons. The van der Waals surface area contributed by atoms with Crippen molar-refractivity contribution in [2.75, 3.05) is 24.6 Å². The van der Waals surface area contributed by atoms with Crippen LogP contribution in [0.2, 0.25) is 0 Å². The number of amides is 1. The topological polar surface area (TPSA) is 96.5 Å². The molecule has 1 amide bonds. The first kappa shape index (κ1) is 14.6. The number of carboxylic acid groups (broad SMARTS) is 1. The van der Waals surface area contributed by atoms with E-state index < -0.39 is 5.97 Å². The average molecular weight is 295 g/mol. The highest BCUT2D eigenvalue weighted by Crippen LogP contribution is 2.23. The van der Waals surface area contributed by atoms with Gasteiger partial charge in [0.15, 0.2) is 0 Å². The van der Waals surface area contributed by atoms with Crippen LogP contribution in [0.25, 0.3) is 0 Å². The molecule has 7 heteroatoms. The van der Waals surface area contributed by atoms with Crippen molar-refractivity contribution in [1.29, 1.82) is 0 Å². The van der Waals surface area contributed by atoms with Gasteiger partial charge in [-0.25, -0.2) is 4.98 Å². The third-order valence-corrected chi connectivity index (χ3v) is 4.34. The highest BCUT2D eigenvalue weighted by Gasteiger charge is 2.26. The zero-order chi connectivity index (χ0) is 14.5. The first-order chi connectivity index (χ1) is 9.58. The Labute approximate surface area is 121 Å². The summed E-state index contributed by atoms with van der Waals surface area (Å²) in [4.78, 5) is 28.7. The number of likely N-dealkylation sites (tertiary alicyclic amines) is 1. The molecule has 1 aliphatic heterocycles. The highest BCUT2D eigenvalue weighted by molar-refractivity contribution is 8.00. The van der Waals surface area contributed by atoms with E-state index in [1.807, 2.05) is 0 Å². The largest absolute Gasteiger partial charge is 0.481 e. The lowest BCUT2D eigenvalue weighted by Gasteiger charge is -2.30. The Morgan fingerprint density at radius 2 is 2.15 bits per heavy atom. The molecule has 20 heavy (non-hydrogen) atoms. The van der Waals surface area contributed by atoms with Crippen LogP contribution in [0, 0.1) is 5.92 Å². The van der Waals surface area contributed by atoms with Gasteiger partial charge in [0.2, 0.25) is 5.91 Å². The van der Waals surface area contributed by atoms with Gasteiger partial charge in [0.05, 0.1) is 17.4 Å². The molecular weight excluding hydrogens is 278 g/mol. The van der Waals surface area contributed by atoms with Gasteiger partial charge in [0.1, 0.15) is 5.03 Å². The van der Waals surface area contributed by atoms with Crippen LogP contribution in [0.3, 0.4) is 0 Å². The van der Waals surface area contributed by atoms with Crippen molar-refractivity contribution in [2.45, 2.75) is 17.9 Å². The molecule has 108 valence electrons. The number of carbonyl (C=O) groups excluding carboxylic acids is 1. The number of hydrogen-bond acceptors (Lipinski definition) is 5. The smallest absolute Gasteiger partial charge is 0.306 e. The molecule has 6 nitrogen and oxygen atoms in total. The highest BCUT2D eigenvalue weighted by atomic mass is 32.2. The van der Waals surface area contributed by atoms with Crippen molar-refractivity contribution in [1.82, 2.24) is 9.88 Å². The summed E-state index contributed by atoms with van der Waals surface area (Å²) in [6, 6.07) is 3.50. The van der Waals surface area contributed by atoms with Gasteiger partial charge in [0.25, 0.3) is 0 Å². The summed E-state index contributed by atoms with van der Waals surface area (Å²) in [7, 11) is 0. The molecule has 3 N–H and O–H groups in total. The SMILES string of the molecule is Nc1cccnc1SCC(=O)N1CCC(C(=O)O)CC1. The predicted octanol–water partition coefficient (Wildman–Crippen LogP) is 1.08. The fourth-order valence-electron chi connectivity index (χ4n) is 2.12. The monoisotopic (exact) mass is 295 g/mol. The molecular formula is C13H17N3O3S. The van der Waals surface area contributed by atoms with Crippen molar-refractivity contribution < 1.29 is 14.7 Å². The van der Waals surface area contributed by atoms with Gasteiger partial charge in [0, 0.05) is 19.3 Å². The van der Waals surface area contributed by atoms with E-state index in [1.165, 1.54) is 11.8 Å². The molecule has 1 aromatic heterocycles. The van der Waals surface area contributed by atoms with Crippen LogP contribution in [0.15, 0.2) is 23.4 Å². The molecule has 1 aromatic rings. The van der Waals surface area contributed by atoms with E-state index in [4.69, 9.17) is 10.8 Å². The molecule has 0 saturated carbocycles. The minimum atomic E-state index is -0.771. The second-order valence-corrected chi connectivity index (χ2v) is 5.64. The number of pyridine rings is 1. The van der Waals surface area contributed by atoms with E-state index in [9.17, 15) is 9.59 Å². The normalized spacial score (nSPS) is 16.1. The molecule has 0 bridgehead atoms. The van der Waals surface area contributed by atoms with Gasteiger partial charge in [-0.15, -0.1) is 0 Å². The lowest BCUT2D eigenvalue weighted by molar-refractivity contribution is -0.145. The quantitative estimate of drug-likeness (QED) is 0.807. The van der Waals surface area contributed by atoms with Gasteiger partial charge >= 0.3 is 5.97 Å². The molecule has 1 fully saturated rings. The standard InChI is InChI=1S/C13H17N3O3S/c14-10-2-1-5-15-12(10)20-8-11(17)16-6-3-9(4-7-16)13(18)19/h1-2,5,9H,3-4,6-8,14H2,(H,18,19). The lowest BCUT2D eigenvalue weighted by Crippen LogP contribution is -2.41. The Morgan fingerprint density at radius 1 is 1.45 bits per heavy atom. The fourth-order valence-corrected chi connectivity index (χ4v) is 2.93. The Kier molecular flexibility index (Phi) is 4.84. The number of aromatic nitrogens is 1. The Morgan fingerprint density at radius 3 is 2.75 bits per heavy atom. The molecule has 2 rings (SSSR count). The van der Waals surface area contributed by atoms with Crippen molar-refractivity contribution in [3.63, 3.8) is 0 Å². The minimum Gasteiger partial charge on any atom is -0.481 e. The number of nitrogen functional groups attached to an aromatic ring is 1. The maximum atomic E-state index is 12.0. The number of thioether (sulfide) groups is 1. The zero-order valence-electron chi connectivity index (χ0n) is 11.0. The van der Waals surface area contributed by atoms with Gasteiger partial charge < -0.3 is 15.7 Å². The van der Waals surface area contributed by atoms with Crippen LogP contribution >= 0.6 is 11.8 Å². The summed E-state index contributed by atoms with van der Waals surface area (Å²) >= 11 is 1.31. The number of carbonyl (C=O) groups is 2. The van der Waals surface area contributed by atoms with E-state index in [2.05, 4.69) is 4.98 Å². The zero-order valence-corrected chi connectivity index (χ0v) is 11.8. The van der Waals surface area contributed by atoms with E-state index in [0.717, 1.165) is 0 Å². The van der Waals surface area contributed by atoms with Gasteiger partial charge in [-0.2, -0.15) is 0 Å². The minimum absolute atomic E-state index is 0.00360. The maximum Gasteiger partial charge on any atom is 0.306 e. The Bertz CT molecular complexity index is 501. The fraction of sp³-hybridized carbons (Fsp3) is 0.462. The van der Waals surface area contributed by atoms with Crippen molar-refractivity contribution >= 4 is 29.3 Å². The van der Waals surface area contributed by atoms with Crippen molar-refractivity contribution in [2.24, 2.45) is 5.92 Å². The van der Waals surface area contributed by atoms with Crippen LogP contribution < -0.4 is 5.73 Å². The summed E-state index contributed by atoms with van der Waals surface area (Å²) in [5, 5.41) is 9.57. The second kappa shape index (κ2) is 6.60. The number of anilines is 1. The first-order valence-corrected chi connectivity index (χ1v) is 7.40. The van der Waals surface area contributed by atoms with E-state index >= 15 is 0 Å². The molecule has 1 aliphatic rings. The predicted molar refractivity (Wildman–Crippen MR) is 76.3 cm³/mol. The number of aliphatic carboxylic acids is 1. The van der Waals surface area contributed by atoms with Crippen LogP contribution in [0.5, 0.6) is 0 Å². The molecule has 0 spiro atoms. The molecule has 2 heterocycles. The number of nitrogens with zero attached hydrogens (tertiary/aromatic N) is 2. The number of nitrogens with two attached hydrogens (primary N) is 1. The second-order valence-electron chi connectivity index (χ2n) is 4.68. The van der Waals surface area contributed by atoms with Crippen molar-refractivity contribution in [3.05, 3.63) is 18.3 Å². The number of carboxylic acids is 1. The third-order valence-electron chi connectivity index (χ3n) is 3.33. The molecule has 0 atom stereocenters. The first-order valence-electron chi connectivity index (χ1n) is 6.42. The molecule has 0 unspecified atom stereocenters. The summed E-state index contributed by atoms with van der Waals surface area (Å²) in [5.41, 5.74) is 6.33. The molecule has 1 saturated heterocycles. The van der Waals surface area contributed by atoms with Crippen LogP contribution in [0.1, 0.15) is 12.8 Å². The summed E-state index contributed by atoms with van der Waals surface area (Å²) in [6.45, 7) is 1.02.